The number of aryl methyl sites for hydroxylation is 2. The van der Waals surface area contributed by atoms with Crippen LogP contribution in [0.1, 0.15) is 16.8 Å². The van der Waals surface area contributed by atoms with E-state index in [1.165, 1.54) is 0 Å². The molecular formula is C16H15N7O. The Morgan fingerprint density at radius 2 is 2.08 bits per heavy atom. The number of anilines is 1. The first-order valence-electron chi connectivity index (χ1n) is 7.42. The van der Waals surface area contributed by atoms with Crippen LogP contribution < -0.4 is 5.73 Å². The maximum atomic E-state index is 6.20. The summed E-state index contributed by atoms with van der Waals surface area (Å²) in [4.78, 5) is 13.0. The van der Waals surface area contributed by atoms with Gasteiger partial charge >= 0.3 is 0 Å². The molecule has 0 amide bonds. The number of fused-ring (bicyclic) bond motifs is 1. The number of hydrogen-bond acceptors (Lipinski definition) is 7. The molecule has 2 N–H and O–H groups in total. The monoisotopic (exact) mass is 321 g/mol. The van der Waals surface area contributed by atoms with E-state index >= 15 is 0 Å². The van der Waals surface area contributed by atoms with Crippen LogP contribution in [0.25, 0.3) is 22.6 Å². The Balaban J connectivity index is 1.67. The van der Waals surface area contributed by atoms with E-state index in [4.69, 9.17) is 10.4 Å². The first-order valence-corrected chi connectivity index (χ1v) is 7.42. The van der Waals surface area contributed by atoms with Gasteiger partial charge in [-0.15, -0.1) is 0 Å². The molecule has 0 saturated heterocycles. The van der Waals surface area contributed by atoms with E-state index in [1.54, 1.807) is 12.5 Å². The minimum absolute atomic E-state index is 0.429. The summed E-state index contributed by atoms with van der Waals surface area (Å²) < 4.78 is 6.64. The molecule has 0 aliphatic rings. The first-order chi connectivity index (χ1) is 11.6. The number of imidazole rings is 1. The first kappa shape index (κ1) is 14.3. The Hall–Kier alpha value is -3.29. The number of aromatic nitrogens is 6. The molecule has 0 spiro atoms. The van der Waals surface area contributed by atoms with Gasteiger partial charge in [-0.3, -0.25) is 4.98 Å². The van der Waals surface area contributed by atoms with Gasteiger partial charge in [0.2, 0.25) is 5.65 Å². The van der Waals surface area contributed by atoms with Gasteiger partial charge in [0.1, 0.15) is 0 Å². The van der Waals surface area contributed by atoms with Crippen molar-refractivity contribution >= 4 is 16.9 Å². The maximum Gasteiger partial charge on any atom is 0.226 e. The molecule has 0 aliphatic heterocycles. The smallest absolute Gasteiger partial charge is 0.226 e. The number of pyridine rings is 2. The summed E-state index contributed by atoms with van der Waals surface area (Å²) in [5, 5.41) is 7.56. The molecule has 4 heterocycles. The van der Waals surface area contributed by atoms with Crippen molar-refractivity contribution < 1.29 is 4.63 Å². The van der Waals surface area contributed by atoms with Gasteiger partial charge in [-0.1, -0.05) is 6.07 Å². The third-order valence-electron chi connectivity index (χ3n) is 4.05. The average molecular weight is 321 g/mol. The average Bonchev–Trinajstić information content (AvgIpc) is 3.21. The molecule has 8 heteroatoms. The molecule has 0 fully saturated rings. The fraction of sp³-hybridized carbons (Fsp3) is 0.188. The van der Waals surface area contributed by atoms with Crippen molar-refractivity contribution in [3.8, 4) is 11.4 Å². The number of nitrogens with zero attached hydrogens (tertiary/aromatic N) is 6. The Bertz CT molecular complexity index is 1020. The third kappa shape index (κ3) is 2.28. The summed E-state index contributed by atoms with van der Waals surface area (Å²) in [6.07, 6.45) is 6.00. The van der Waals surface area contributed by atoms with E-state index in [1.807, 2.05) is 36.9 Å². The van der Waals surface area contributed by atoms with Crippen molar-refractivity contribution in [3.05, 3.63) is 47.7 Å². The zero-order chi connectivity index (χ0) is 16.7. The van der Waals surface area contributed by atoms with E-state index in [9.17, 15) is 0 Å². The quantitative estimate of drug-likeness (QED) is 0.613. The molecule has 4 aromatic rings. The predicted octanol–water partition coefficient (Wildman–Crippen LogP) is 1.89. The number of hydrogen-bond donors (Lipinski definition) is 1. The van der Waals surface area contributed by atoms with Gasteiger partial charge in [-0.05, 0) is 28.9 Å². The van der Waals surface area contributed by atoms with Crippen molar-refractivity contribution in [1.82, 2.24) is 29.8 Å². The fourth-order valence-corrected chi connectivity index (χ4v) is 2.70. The van der Waals surface area contributed by atoms with E-state index in [0.717, 1.165) is 28.2 Å². The Kier molecular flexibility index (Phi) is 3.23. The summed E-state index contributed by atoms with van der Waals surface area (Å²) >= 11 is 0. The lowest BCUT2D eigenvalue weighted by atomic mass is 10.0. The van der Waals surface area contributed by atoms with Gasteiger partial charge in [-0.2, -0.15) is 0 Å². The van der Waals surface area contributed by atoms with Gasteiger partial charge in [0, 0.05) is 30.9 Å². The van der Waals surface area contributed by atoms with E-state index < -0.39 is 0 Å². The predicted molar refractivity (Wildman–Crippen MR) is 88.0 cm³/mol. The molecule has 4 rings (SSSR count). The third-order valence-corrected chi connectivity index (χ3v) is 4.05. The summed E-state index contributed by atoms with van der Waals surface area (Å²) in [7, 11) is 1.94. The highest BCUT2D eigenvalue weighted by Crippen LogP contribution is 2.26. The molecule has 24 heavy (non-hydrogen) atoms. The maximum absolute atomic E-state index is 6.20. The van der Waals surface area contributed by atoms with Crippen LogP contribution in [0.15, 0.2) is 35.5 Å². The van der Waals surface area contributed by atoms with Crippen molar-refractivity contribution in [3.63, 3.8) is 0 Å². The number of rotatable bonds is 3. The van der Waals surface area contributed by atoms with Gasteiger partial charge in [-0.25, -0.2) is 14.6 Å². The van der Waals surface area contributed by atoms with E-state index in [2.05, 4.69) is 25.3 Å². The standard InChI is InChI=1S/C16H15N7O/c1-9-11(14(17)15-16(20-9)22-24-21-15)5-10-3-4-12(19-6-10)13-7-18-8-23(13)2/h3-4,6-8H,5,17H2,1-2H3. The SMILES string of the molecule is Cc1nc2nonc2c(N)c1Cc1ccc(-c2cncn2C)nc1. The normalized spacial score (nSPS) is 11.2. The zero-order valence-corrected chi connectivity index (χ0v) is 13.3. The van der Waals surface area contributed by atoms with Crippen LogP contribution in [0.5, 0.6) is 0 Å². The van der Waals surface area contributed by atoms with Crippen molar-refractivity contribution in [2.24, 2.45) is 7.05 Å². The summed E-state index contributed by atoms with van der Waals surface area (Å²) in [5.41, 5.74) is 12.3. The highest BCUT2D eigenvalue weighted by atomic mass is 16.6. The molecule has 0 atom stereocenters. The number of nitrogen functional groups attached to an aromatic ring is 1. The summed E-state index contributed by atoms with van der Waals surface area (Å²) in [6.45, 7) is 1.90. The van der Waals surface area contributed by atoms with Crippen LogP contribution in [0.2, 0.25) is 0 Å². The topological polar surface area (TPSA) is 109 Å². The lowest BCUT2D eigenvalue weighted by Gasteiger charge is -2.09. The molecule has 0 unspecified atom stereocenters. The van der Waals surface area contributed by atoms with Crippen molar-refractivity contribution in [2.75, 3.05) is 5.73 Å². The second-order valence-corrected chi connectivity index (χ2v) is 5.64. The van der Waals surface area contributed by atoms with Crippen LogP contribution in [0.4, 0.5) is 5.69 Å². The van der Waals surface area contributed by atoms with Crippen molar-refractivity contribution in [2.45, 2.75) is 13.3 Å². The Labute approximate surface area is 137 Å². The second-order valence-electron chi connectivity index (χ2n) is 5.64. The molecule has 0 aliphatic carbocycles. The van der Waals surface area contributed by atoms with Gasteiger partial charge < -0.3 is 10.3 Å². The molecule has 0 bridgehead atoms. The van der Waals surface area contributed by atoms with Crippen LogP contribution in [0.3, 0.4) is 0 Å². The molecule has 120 valence electrons. The second kappa shape index (κ2) is 5.41. The summed E-state index contributed by atoms with van der Waals surface area (Å²) in [6, 6.07) is 4.00. The largest absolute Gasteiger partial charge is 0.396 e. The van der Waals surface area contributed by atoms with Crippen molar-refractivity contribution in [1.29, 1.82) is 0 Å². The summed E-state index contributed by atoms with van der Waals surface area (Å²) in [5.74, 6) is 0. The zero-order valence-electron chi connectivity index (χ0n) is 13.3. The highest BCUT2D eigenvalue weighted by Gasteiger charge is 2.15. The Morgan fingerprint density at radius 1 is 1.21 bits per heavy atom. The van der Waals surface area contributed by atoms with Gasteiger partial charge in [0.05, 0.1) is 29.6 Å². The van der Waals surface area contributed by atoms with Crippen LogP contribution in [0, 0.1) is 6.92 Å². The molecule has 0 aromatic carbocycles. The molecule has 0 saturated carbocycles. The molecule has 4 aromatic heterocycles. The van der Waals surface area contributed by atoms with Crippen LogP contribution >= 0.6 is 0 Å². The van der Waals surface area contributed by atoms with Gasteiger partial charge in [0.15, 0.2) is 5.52 Å². The highest BCUT2D eigenvalue weighted by molar-refractivity contribution is 5.85. The molecular weight excluding hydrogens is 306 g/mol. The van der Waals surface area contributed by atoms with Gasteiger partial charge in [0.25, 0.3) is 0 Å². The lowest BCUT2D eigenvalue weighted by Crippen LogP contribution is -2.03. The Morgan fingerprint density at radius 3 is 2.79 bits per heavy atom. The molecule has 0 radical (unpaired) electrons. The van der Waals surface area contributed by atoms with E-state index in [-0.39, 0.29) is 0 Å². The molecule has 8 nitrogen and oxygen atoms in total. The minimum atomic E-state index is 0.429. The van der Waals surface area contributed by atoms with Crippen LogP contribution in [-0.4, -0.2) is 29.8 Å². The fourth-order valence-electron chi connectivity index (χ4n) is 2.70. The number of nitrogens with two attached hydrogens (primary N) is 1. The van der Waals surface area contributed by atoms with Crippen LogP contribution in [-0.2, 0) is 13.5 Å². The minimum Gasteiger partial charge on any atom is -0.396 e. The van der Waals surface area contributed by atoms with E-state index in [0.29, 0.717) is 23.3 Å². The lowest BCUT2D eigenvalue weighted by molar-refractivity contribution is 0.315.